The standard InChI is InChI=1S/C19H22ClF3N4O/c1-11-24-12(2)27(26-11)10-13-3-6-15(7-4-13)25-18(28)16-9-14(19(21,22)23)5-8-17(16)20/h5,8-9,13,15H,3-4,6-7,10H2,1-2H3,(H,25,28). The Balaban J connectivity index is 1.57. The van der Waals surface area contributed by atoms with Crippen molar-refractivity contribution in [2.45, 2.75) is 58.3 Å². The summed E-state index contributed by atoms with van der Waals surface area (Å²) < 4.78 is 40.6. The molecule has 1 aromatic heterocycles. The monoisotopic (exact) mass is 414 g/mol. The summed E-state index contributed by atoms with van der Waals surface area (Å²) in [5.74, 6) is 1.50. The number of carbonyl (C=O) groups is 1. The maximum atomic E-state index is 12.9. The Morgan fingerprint density at radius 3 is 2.50 bits per heavy atom. The maximum absolute atomic E-state index is 12.9. The van der Waals surface area contributed by atoms with Crippen molar-refractivity contribution in [1.82, 2.24) is 20.1 Å². The van der Waals surface area contributed by atoms with Crippen LogP contribution in [-0.2, 0) is 12.7 Å². The largest absolute Gasteiger partial charge is 0.416 e. The molecule has 0 saturated heterocycles. The minimum absolute atomic E-state index is 0.0104. The first kappa shape index (κ1) is 20.6. The first-order valence-electron chi connectivity index (χ1n) is 9.19. The first-order valence-corrected chi connectivity index (χ1v) is 9.57. The number of hydrogen-bond donors (Lipinski definition) is 1. The first-order chi connectivity index (χ1) is 13.1. The third-order valence-electron chi connectivity index (χ3n) is 5.11. The van der Waals surface area contributed by atoms with Gasteiger partial charge in [0.25, 0.3) is 5.91 Å². The number of halogens is 4. The molecule has 0 aliphatic heterocycles. The summed E-state index contributed by atoms with van der Waals surface area (Å²) in [6, 6.07) is 2.71. The van der Waals surface area contributed by atoms with Crippen molar-refractivity contribution >= 4 is 17.5 Å². The number of alkyl halides is 3. The summed E-state index contributed by atoms with van der Waals surface area (Å²) in [4.78, 5) is 16.7. The second kappa shape index (κ2) is 8.11. The van der Waals surface area contributed by atoms with Crippen LogP contribution in [-0.4, -0.2) is 26.7 Å². The lowest BCUT2D eigenvalue weighted by Crippen LogP contribution is -2.38. The molecule has 2 aromatic rings. The van der Waals surface area contributed by atoms with E-state index in [1.54, 1.807) is 0 Å². The van der Waals surface area contributed by atoms with Gasteiger partial charge >= 0.3 is 6.18 Å². The van der Waals surface area contributed by atoms with Gasteiger partial charge in [0.1, 0.15) is 11.6 Å². The average molecular weight is 415 g/mol. The molecule has 0 bridgehead atoms. The van der Waals surface area contributed by atoms with E-state index in [-0.39, 0.29) is 16.6 Å². The summed E-state index contributed by atoms with van der Waals surface area (Å²) in [6.07, 6.45) is -1.19. The van der Waals surface area contributed by atoms with Crippen LogP contribution in [0.5, 0.6) is 0 Å². The highest BCUT2D eigenvalue weighted by molar-refractivity contribution is 6.33. The molecule has 3 rings (SSSR count). The molecule has 1 heterocycles. The van der Waals surface area contributed by atoms with Gasteiger partial charge in [-0.15, -0.1) is 0 Å². The number of aromatic nitrogens is 3. The average Bonchev–Trinajstić information content (AvgIpc) is 2.93. The molecule has 1 amide bonds. The van der Waals surface area contributed by atoms with Gasteiger partial charge in [-0.1, -0.05) is 11.6 Å². The van der Waals surface area contributed by atoms with Crippen LogP contribution in [0.1, 0.15) is 53.3 Å². The molecule has 0 spiro atoms. The van der Waals surface area contributed by atoms with E-state index in [9.17, 15) is 18.0 Å². The molecule has 1 fully saturated rings. The molecule has 28 heavy (non-hydrogen) atoms. The van der Waals surface area contributed by atoms with Gasteiger partial charge in [0, 0.05) is 12.6 Å². The third kappa shape index (κ3) is 4.84. The summed E-state index contributed by atoms with van der Waals surface area (Å²) in [7, 11) is 0. The quantitative estimate of drug-likeness (QED) is 0.798. The van der Waals surface area contributed by atoms with Crippen molar-refractivity contribution in [1.29, 1.82) is 0 Å². The van der Waals surface area contributed by atoms with Gasteiger partial charge in [-0.05, 0) is 63.6 Å². The zero-order valence-corrected chi connectivity index (χ0v) is 16.4. The number of benzene rings is 1. The highest BCUT2D eigenvalue weighted by atomic mass is 35.5. The smallest absolute Gasteiger partial charge is 0.349 e. The maximum Gasteiger partial charge on any atom is 0.416 e. The molecule has 9 heteroatoms. The highest BCUT2D eigenvalue weighted by Gasteiger charge is 2.32. The molecule has 1 aliphatic rings. The number of amides is 1. The summed E-state index contributed by atoms with van der Waals surface area (Å²) in [5, 5.41) is 7.22. The van der Waals surface area contributed by atoms with Gasteiger partial charge < -0.3 is 5.32 Å². The van der Waals surface area contributed by atoms with Crippen molar-refractivity contribution in [2.24, 2.45) is 5.92 Å². The van der Waals surface area contributed by atoms with Crippen molar-refractivity contribution < 1.29 is 18.0 Å². The van der Waals surface area contributed by atoms with E-state index in [0.717, 1.165) is 62.1 Å². The minimum atomic E-state index is -4.52. The zero-order valence-electron chi connectivity index (χ0n) is 15.7. The lowest BCUT2D eigenvalue weighted by Gasteiger charge is -2.29. The van der Waals surface area contributed by atoms with Crippen LogP contribution in [0.15, 0.2) is 18.2 Å². The Kier molecular flexibility index (Phi) is 5.98. The van der Waals surface area contributed by atoms with Crippen LogP contribution < -0.4 is 5.32 Å². The summed E-state index contributed by atoms with van der Waals surface area (Å²) in [6.45, 7) is 4.56. The van der Waals surface area contributed by atoms with Gasteiger partial charge in [-0.2, -0.15) is 18.3 Å². The van der Waals surface area contributed by atoms with Crippen LogP contribution in [0.3, 0.4) is 0 Å². The van der Waals surface area contributed by atoms with E-state index in [1.807, 2.05) is 18.5 Å². The molecular formula is C19H22ClF3N4O. The van der Waals surface area contributed by atoms with Crippen molar-refractivity contribution in [3.63, 3.8) is 0 Å². The summed E-state index contributed by atoms with van der Waals surface area (Å²) in [5.41, 5.74) is -1.03. The lowest BCUT2D eigenvalue weighted by molar-refractivity contribution is -0.137. The van der Waals surface area contributed by atoms with Crippen LogP contribution in [0, 0.1) is 19.8 Å². The van der Waals surface area contributed by atoms with Gasteiger partial charge in [-0.3, -0.25) is 4.79 Å². The zero-order chi connectivity index (χ0) is 20.5. The molecule has 0 unspecified atom stereocenters. The Bertz CT molecular complexity index is 857. The Labute approximate surface area is 166 Å². The fourth-order valence-electron chi connectivity index (χ4n) is 3.61. The van der Waals surface area contributed by atoms with Crippen LogP contribution in [0.2, 0.25) is 5.02 Å². The Hall–Kier alpha value is -2.09. The van der Waals surface area contributed by atoms with Crippen molar-refractivity contribution in [3.8, 4) is 0 Å². The highest BCUT2D eigenvalue weighted by Crippen LogP contribution is 2.32. The molecular weight excluding hydrogens is 393 g/mol. The van der Waals surface area contributed by atoms with Crippen LogP contribution >= 0.6 is 11.6 Å². The second-order valence-electron chi connectivity index (χ2n) is 7.27. The van der Waals surface area contributed by atoms with E-state index in [0.29, 0.717) is 5.92 Å². The van der Waals surface area contributed by atoms with Crippen molar-refractivity contribution in [3.05, 3.63) is 46.0 Å². The molecule has 152 valence electrons. The fraction of sp³-hybridized carbons (Fsp3) is 0.526. The van der Waals surface area contributed by atoms with E-state index in [4.69, 9.17) is 11.6 Å². The molecule has 5 nitrogen and oxygen atoms in total. The predicted octanol–water partition coefficient (Wildman–Crippen LogP) is 4.56. The van der Waals surface area contributed by atoms with Gasteiger partial charge in [0.15, 0.2) is 0 Å². The Morgan fingerprint density at radius 1 is 1.25 bits per heavy atom. The van der Waals surface area contributed by atoms with E-state index < -0.39 is 17.6 Å². The molecule has 1 aliphatic carbocycles. The Morgan fingerprint density at radius 2 is 1.93 bits per heavy atom. The lowest BCUT2D eigenvalue weighted by atomic mass is 9.86. The number of nitrogens with one attached hydrogen (secondary N) is 1. The number of aryl methyl sites for hydroxylation is 2. The number of nitrogens with zero attached hydrogens (tertiary/aromatic N) is 3. The molecule has 0 atom stereocenters. The van der Waals surface area contributed by atoms with E-state index >= 15 is 0 Å². The minimum Gasteiger partial charge on any atom is -0.349 e. The third-order valence-corrected chi connectivity index (χ3v) is 5.44. The number of rotatable bonds is 4. The fourth-order valence-corrected chi connectivity index (χ4v) is 3.81. The normalized spacial score (nSPS) is 20.2. The number of hydrogen-bond acceptors (Lipinski definition) is 3. The van der Waals surface area contributed by atoms with Crippen LogP contribution in [0.25, 0.3) is 0 Å². The predicted molar refractivity (Wildman–Crippen MR) is 99.2 cm³/mol. The van der Waals surface area contributed by atoms with Gasteiger partial charge in [0.2, 0.25) is 0 Å². The van der Waals surface area contributed by atoms with Crippen molar-refractivity contribution in [2.75, 3.05) is 0 Å². The second-order valence-corrected chi connectivity index (χ2v) is 7.68. The topological polar surface area (TPSA) is 59.8 Å². The van der Waals surface area contributed by atoms with E-state index in [1.165, 1.54) is 0 Å². The molecule has 0 radical (unpaired) electrons. The van der Waals surface area contributed by atoms with Gasteiger partial charge in [0.05, 0.1) is 16.1 Å². The molecule has 1 aromatic carbocycles. The van der Waals surface area contributed by atoms with E-state index in [2.05, 4.69) is 15.4 Å². The summed E-state index contributed by atoms with van der Waals surface area (Å²) >= 11 is 5.95. The number of carbonyl (C=O) groups excluding carboxylic acids is 1. The molecule has 1 saturated carbocycles. The van der Waals surface area contributed by atoms with Crippen LogP contribution in [0.4, 0.5) is 13.2 Å². The SMILES string of the molecule is Cc1nc(C)n(CC2CCC(NC(=O)c3cc(C(F)(F)F)ccc3Cl)CC2)n1. The molecule has 1 N–H and O–H groups in total. The van der Waals surface area contributed by atoms with Gasteiger partial charge in [-0.25, -0.2) is 9.67 Å².